The third kappa shape index (κ3) is 4.66. The molecule has 0 saturated carbocycles. The van der Waals surface area contributed by atoms with Crippen molar-refractivity contribution in [1.82, 2.24) is 25.1 Å². The van der Waals surface area contributed by atoms with E-state index in [0.29, 0.717) is 41.0 Å². The average Bonchev–Trinajstić information content (AvgIpc) is 3.64. The first kappa shape index (κ1) is 23.5. The van der Waals surface area contributed by atoms with E-state index >= 15 is 0 Å². The van der Waals surface area contributed by atoms with Crippen LogP contribution in [0.2, 0.25) is 0 Å². The van der Waals surface area contributed by atoms with Crippen molar-refractivity contribution in [1.29, 1.82) is 0 Å². The molecule has 0 unspecified atom stereocenters. The van der Waals surface area contributed by atoms with Crippen LogP contribution in [0, 0.1) is 0 Å². The average molecular weight is 511 g/mol. The quantitative estimate of drug-likeness (QED) is 0.418. The molecule has 4 aromatic rings. The lowest BCUT2D eigenvalue weighted by molar-refractivity contribution is -0.137. The standard InChI is InChI=1S/C25H20F3N5O4/c26-25(27,28)16-5-1-13(2-6-16)23-31-24(33-32-23)15-3-7-17(29-10-15)14-4-8-20(30-9-14)37-19-12-36-21-18(34)11-35-22(19)21/h1-10,18-19,21-22,34H,11-12H2,(H,31,32,33)/t18-,19+,21-,22-/m1/s1. The highest BCUT2D eigenvalue weighted by molar-refractivity contribution is 5.64. The number of aromatic amines is 1. The maximum Gasteiger partial charge on any atom is 0.416 e. The van der Waals surface area contributed by atoms with Gasteiger partial charge in [-0.15, -0.1) is 0 Å². The molecule has 2 fully saturated rings. The number of alkyl halides is 3. The van der Waals surface area contributed by atoms with Gasteiger partial charge in [0.05, 0.1) is 24.5 Å². The second-order valence-corrected chi connectivity index (χ2v) is 8.72. The second kappa shape index (κ2) is 9.21. The van der Waals surface area contributed by atoms with Crippen molar-refractivity contribution < 1.29 is 32.5 Å². The van der Waals surface area contributed by atoms with Gasteiger partial charge in [-0.2, -0.15) is 18.3 Å². The summed E-state index contributed by atoms with van der Waals surface area (Å²) in [4.78, 5) is 13.2. The number of nitrogens with one attached hydrogen (secondary N) is 1. The van der Waals surface area contributed by atoms with Gasteiger partial charge in [-0.25, -0.2) is 9.97 Å². The Hall–Kier alpha value is -3.87. The van der Waals surface area contributed by atoms with E-state index in [1.807, 2.05) is 6.07 Å². The number of pyridine rings is 2. The number of benzene rings is 1. The molecule has 2 aliphatic rings. The van der Waals surface area contributed by atoms with Gasteiger partial charge >= 0.3 is 6.18 Å². The van der Waals surface area contributed by atoms with Crippen LogP contribution in [0.5, 0.6) is 5.88 Å². The molecule has 0 radical (unpaired) electrons. The smallest absolute Gasteiger partial charge is 0.416 e. The first-order valence-corrected chi connectivity index (χ1v) is 11.5. The molecule has 190 valence electrons. The van der Waals surface area contributed by atoms with Gasteiger partial charge in [0.1, 0.15) is 18.3 Å². The number of rotatable bonds is 5. The first-order valence-electron chi connectivity index (χ1n) is 11.5. The largest absolute Gasteiger partial charge is 0.469 e. The molecule has 0 aliphatic carbocycles. The van der Waals surface area contributed by atoms with E-state index in [1.165, 1.54) is 12.1 Å². The van der Waals surface area contributed by atoms with Gasteiger partial charge in [0.15, 0.2) is 17.8 Å². The summed E-state index contributed by atoms with van der Waals surface area (Å²) in [5, 5.41) is 16.8. The summed E-state index contributed by atoms with van der Waals surface area (Å²) < 4.78 is 55.4. The van der Waals surface area contributed by atoms with Crippen LogP contribution in [-0.4, -0.2) is 67.9 Å². The molecular formula is C25H20F3N5O4. The van der Waals surface area contributed by atoms with Crippen LogP contribution in [0.3, 0.4) is 0 Å². The van der Waals surface area contributed by atoms with E-state index in [2.05, 4.69) is 25.1 Å². The van der Waals surface area contributed by atoms with E-state index in [9.17, 15) is 18.3 Å². The molecule has 0 amide bonds. The highest BCUT2D eigenvalue weighted by Crippen LogP contribution is 2.32. The van der Waals surface area contributed by atoms with E-state index in [4.69, 9.17) is 14.2 Å². The fourth-order valence-electron chi connectivity index (χ4n) is 4.34. The number of fused-ring (bicyclic) bond motifs is 1. The third-order valence-corrected chi connectivity index (χ3v) is 6.28. The number of halogens is 3. The predicted octanol–water partition coefficient (Wildman–Crippen LogP) is 3.52. The number of aromatic nitrogens is 5. The molecule has 6 rings (SSSR count). The Morgan fingerprint density at radius 1 is 0.865 bits per heavy atom. The summed E-state index contributed by atoms with van der Waals surface area (Å²) >= 11 is 0. The van der Waals surface area contributed by atoms with E-state index in [-0.39, 0.29) is 24.9 Å². The minimum Gasteiger partial charge on any atom is -0.469 e. The molecule has 9 nitrogen and oxygen atoms in total. The van der Waals surface area contributed by atoms with Crippen LogP contribution in [0.1, 0.15) is 5.56 Å². The molecule has 4 atom stereocenters. The van der Waals surface area contributed by atoms with Gasteiger partial charge in [0, 0.05) is 35.2 Å². The van der Waals surface area contributed by atoms with Gasteiger partial charge < -0.3 is 19.3 Å². The Bertz CT molecular complexity index is 1380. The summed E-state index contributed by atoms with van der Waals surface area (Å²) in [5.41, 5.74) is 1.84. The highest BCUT2D eigenvalue weighted by Gasteiger charge is 2.48. The Morgan fingerprint density at radius 2 is 1.59 bits per heavy atom. The molecule has 5 heterocycles. The van der Waals surface area contributed by atoms with Crippen molar-refractivity contribution >= 4 is 0 Å². The zero-order valence-corrected chi connectivity index (χ0v) is 19.1. The van der Waals surface area contributed by atoms with Crippen molar-refractivity contribution in [2.45, 2.75) is 30.6 Å². The lowest BCUT2D eigenvalue weighted by Gasteiger charge is -2.17. The van der Waals surface area contributed by atoms with Crippen molar-refractivity contribution in [3.63, 3.8) is 0 Å². The second-order valence-electron chi connectivity index (χ2n) is 8.72. The van der Waals surface area contributed by atoms with Crippen molar-refractivity contribution in [2.75, 3.05) is 13.2 Å². The summed E-state index contributed by atoms with van der Waals surface area (Å²) in [7, 11) is 0. The van der Waals surface area contributed by atoms with Gasteiger partial charge in [-0.1, -0.05) is 12.1 Å². The van der Waals surface area contributed by atoms with Crippen LogP contribution in [0.15, 0.2) is 60.9 Å². The fraction of sp³-hybridized carbons (Fsp3) is 0.280. The molecule has 1 aromatic carbocycles. The number of aliphatic hydroxyl groups excluding tert-OH is 1. The lowest BCUT2D eigenvalue weighted by atomic mass is 10.1. The van der Waals surface area contributed by atoms with Crippen molar-refractivity contribution in [2.24, 2.45) is 0 Å². The minimum atomic E-state index is -4.40. The zero-order valence-electron chi connectivity index (χ0n) is 19.1. The van der Waals surface area contributed by atoms with E-state index in [1.54, 1.807) is 30.6 Å². The molecule has 3 aromatic heterocycles. The van der Waals surface area contributed by atoms with Crippen LogP contribution >= 0.6 is 0 Å². The van der Waals surface area contributed by atoms with Crippen molar-refractivity contribution in [3.8, 4) is 39.9 Å². The molecule has 2 N–H and O–H groups in total. The van der Waals surface area contributed by atoms with Gasteiger partial charge in [0.2, 0.25) is 5.88 Å². The Kier molecular flexibility index (Phi) is 5.86. The molecule has 0 spiro atoms. The molecular weight excluding hydrogens is 491 g/mol. The lowest BCUT2D eigenvalue weighted by Crippen LogP contribution is -2.34. The molecule has 2 aliphatic heterocycles. The Balaban J connectivity index is 1.12. The molecule has 0 bridgehead atoms. The van der Waals surface area contributed by atoms with Gasteiger partial charge in [0.25, 0.3) is 0 Å². The van der Waals surface area contributed by atoms with Gasteiger partial charge in [-0.3, -0.25) is 10.1 Å². The fourth-order valence-corrected chi connectivity index (χ4v) is 4.34. The monoisotopic (exact) mass is 511 g/mol. The van der Waals surface area contributed by atoms with E-state index < -0.39 is 17.8 Å². The van der Waals surface area contributed by atoms with Crippen LogP contribution in [0.25, 0.3) is 34.0 Å². The zero-order chi connectivity index (χ0) is 25.6. The normalized spacial score (nSPS) is 23.2. The number of H-pyrrole nitrogens is 1. The highest BCUT2D eigenvalue weighted by atomic mass is 19.4. The summed E-state index contributed by atoms with van der Waals surface area (Å²) in [6.45, 7) is 0.550. The summed E-state index contributed by atoms with van der Waals surface area (Å²) in [6.07, 6.45) is -2.82. The molecule has 2 saturated heterocycles. The topological polar surface area (TPSA) is 115 Å². The van der Waals surface area contributed by atoms with E-state index in [0.717, 1.165) is 17.7 Å². The minimum absolute atomic E-state index is 0.230. The Morgan fingerprint density at radius 3 is 2.30 bits per heavy atom. The number of hydrogen-bond acceptors (Lipinski definition) is 8. The number of nitrogens with zero attached hydrogens (tertiary/aromatic N) is 4. The van der Waals surface area contributed by atoms with Gasteiger partial charge in [-0.05, 0) is 30.3 Å². The maximum atomic E-state index is 12.8. The van der Waals surface area contributed by atoms with Crippen LogP contribution < -0.4 is 4.74 Å². The first-order chi connectivity index (χ1) is 17.8. The predicted molar refractivity (Wildman–Crippen MR) is 123 cm³/mol. The SMILES string of the molecule is O[C@@H]1CO[C@H]2[C@@H]1OC[C@@H]2Oc1ccc(-c2ccc(-c3n[nH]c(-c4ccc(C(F)(F)F)cc4)n3)cn2)cn1. The number of hydrogen-bond donors (Lipinski definition) is 2. The third-order valence-electron chi connectivity index (χ3n) is 6.28. The molecule has 37 heavy (non-hydrogen) atoms. The summed E-state index contributed by atoms with van der Waals surface area (Å²) in [6, 6.07) is 11.9. The Labute approximate surface area is 208 Å². The van der Waals surface area contributed by atoms with Crippen molar-refractivity contribution in [3.05, 3.63) is 66.5 Å². The summed E-state index contributed by atoms with van der Waals surface area (Å²) in [5.74, 6) is 1.13. The van der Waals surface area contributed by atoms with Crippen LogP contribution in [-0.2, 0) is 15.7 Å². The maximum absolute atomic E-state index is 12.8. The molecule has 12 heteroatoms. The number of aliphatic hydroxyl groups is 1. The number of ether oxygens (including phenoxy) is 3. The van der Waals surface area contributed by atoms with Crippen LogP contribution in [0.4, 0.5) is 13.2 Å².